The van der Waals surface area contributed by atoms with E-state index in [0.717, 1.165) is 18.4 Å². The van der Waals surface area contributed by atoms with Gasteiger partial charge in [-0.15, -0.1) is 0 Å². The maximum Gasteiger partial charge on any atom is 0.328 e. The SMILES string of the molecule is O=C(CCn1c(=O)[nH]c(=O)c2ccccc21)NCc1cccnc1OC1CCCC1. The van der Waals surface area contributed by atoms with Gasteiger partial charge in [0.25, 0.3) is 5.56 Å². The molecular weight excluding hydrogens is 384 g/mol. The smallest absolute Gasteiger partial charge is 0.328 e. The first-order valence-electron chi connectivity index (χ1n) is 10.2. The monoisotopic (exact) mass is 408 g/mol. The van der Waals surface area contributed by atoms with Gasteiger partial charge in [0.05, 0.1) is 10.9 Å². The van der Waals surface area contributed by atoms with E-state index in [1.807, 2.05) is 12.1 Å². The number of para-hydroxylation sites is 1. The molecule has 30 heavy (non-hydrogen) atoms. The van der Waals surface area contributed by atoms with Crippen LogP contribution in [0.15, 0.2) is 52.2 Å². The number of carbonyl (C=O) groups is 1. The molecule has 8 heteroatoms. The lowest BCUT2D eigenvalue weighted by atomic mass is 10.2. The van der Waals surface area contributed by atoms with Gasteiger partial charge in [-0.3, -0.25) is 19.1 Å². The molecule has 1 fully saturated rings. The van der Waals surface area contributed by atoms with E-state index < -0.39 is 11.2 Å². The number of aromatic amines is 1. The van der Waals surface area contributed by atoms with Crippen LogP contribution in [0.25, 0.3) is 10.9 Å². The second kappa shape index (κ2) is 8.94. The van der Waals surface area contributed by atoms with Crippen LogP contribution < -0.4 is 21.3 Å². The second-order valence-electron chi connectivity index (χ2n) is 7.45. The largest absolute Gasteiger partial charge is 0.474 e. The third-order valence-corrected chi connectivity index (χ3v) is 5.37. The Kier molecular flexibility index (Phi) is 5.92. The Bertz CT molecular complexity index is 1160. The summed E-state index contributed by atoms with van der Waals surface area (Å²) in [5.41, 5.74) is 0.386. The van der Waals surface area contributed by atoms with Crippen molar-refractivity contribution in [3.05, 3.63) is 69.0 Å². The predicted molar refractivity (Wildman–Crippen MR) is 112 cm³/mol. The molecule has 0 bridgehead atoms. The Balaban J connectivity index is 1.39. The van der Waals surface area contributed by atoms with Gasteiger partial charge in [0.15, 0.2) is 0 Å². The van der Waals surface area contributed by atoms with E-state index in [1.54, 1.807) is 30.5 Å². The van der Waals surface area contributed by atoms with Crippen LogP contribution in [-0.4, -0.2) is 26.5 Å². The van der Waals surface area contributed by atoms with Crippen molar-refractivity contribution in [3.8, 4) is 5.88 Å². The molecule has 3 aromatic rings. The Morgan fingerprint density at radius 3 is 2.80 bits per heavy atom. The van der Waals surface area contributed by atoms with E-state index in [0.29, 0.717) is 23.3 Å². The average Bonchev–Trinajstić information content (AvgIpc) is 3.26. The molecule has 0 spiro atoms. The summed E-state index contributed by atoms with van der Waals surface area (Å²) in [4.78, 5) is 43.2. The third-order valence-electron chi connectivity index (χ3n) is 5.37. The minimum absolute atomic E-state index is 0.106. The fourth-order valence-electron chi connectivity index (χ4n) is 3.79. The van der Waals surface area contributed by atoms with Gasteiger partial charge in [0, 0.05) is 31.3 Å². The fourth-order valence-corrected chi connectivity index (χ4v) is 3.79. The van der Waals surface area contributed by atoms with Gasteiger partial charge in [0.1, 0.15) is 6.10 Å². The van der Waals surface area contributed by atoms with Crippen LogP contribution in [0.3, 0.4) is 0 Å². The number of aryl methyl sites for hydroxylation is 1. The number of benzene rings is 1. The molecular formula is C22H24N4O4. The van der Waals surface area contributed by atoms with Crippen LogP contribution >= 0.6 is 0 Å². The third kappa shape index (κ3) is 4.42. The fraction of sp³-hybridized carbons (Fsp3) is 0.364. The quantitative estimate of drug-likeness (QED) is 0.623. The van der Waals surface area contributed by atoms with Crippen molar-refractivity contribution in [3.63, 3.8) is 0 Å². The number of nitrogens with one attached hydrogen (secondary N) is 2. The van der Waals surface area contributed by atoms with Crippen molar-refractivity contribution in [2.45, 2.75) is 51.3 Å². The van der Waals surface area contributed by atoms with Gasteiger partial charge in [0.2, 0.25) is 11.8 Å². The Morgan fingerprint density at radius 1 is 1.17 bits per heavy atom. The van der Waals surface area contributed by atoms with E-state index in [-0.39, 0.29) is 25.0 Å². The molecule has 0 unspecified atom stereocenters. The number of hydrogen-bond acceptors (Lipinski definition) is 5. The Morgan fingerprint density at radius 2 is 1.97 bits per heavy atom. The summed E-state index contributed by atoms with van der Waals surface area (Å²) in [6, 6.07) is 10.5. The number of rotatable bonds is 7. The van der Waals surface area contributed by atoms with Crippen molar-refractivity contribution in [1.82, 2.24) is 19.9 Å². The molecule has 0 aliphatic heterocycles. The molecule has 8 nitrogen and oxygen atoms in total. The number of amides is 1. The first kappa shape index (κ1) is 19.9. The highest BCUT2D eigenvalue weighted by atomic mass is 16.5. The standard InChI is InChI=1S/C22H24N4O4/c27-19(11-13-26-18-10-4-3-9-17(18)20(28)25-22(26)29)24-14-15-6-5-12-23-21(15)30-16-7-1-2-8-16/h3-6,9-10,12,16H,1-2,7-8,11,13-14H2,(H,24,27)(H,25,28,29). The predicted octanol–water partition coefficient (Wildman–Crippen LogP) is 2.11. The molecule has 4 rings (SSSR count). The summed E-state index contributed by atoms with van der Waals surface area (Å²) in [6.07, 6.45) is 6.38. The molecule has 2 N–H and O–H groups in total. The highest BCUT2D eigenvalue weighted by molar-refractivity contribution is 5.78. The molecule has 1 aliphatic rings. The lowest BCUT2D eigenvalue weighted by molar-refractivity contribution is -0.121. The van der Waals surface area contributed by atoms with Crippen molar-refractivity contribution in [2.24, 2.45) is 0 Å². The number of aromatic nitrogens is 3. The van der Waals surface area contributed by atoms with Gasteiger partial charge >= 0.3 is 5.69 Å². The number of ether oxygens (including phenoxy) is 1. The summed E-state index contributed by atoms with van der Waals surface area (Å²) in [5.74, 6) is 0.361. The normalized spacial score (nSPS) is 14.1. The van der Waals surface area contributed by atoms with Gasteiger partial charge in [-0.05, 0) is 43.9 Å². The van der Waals surface area contributed by atoms with Crippen LogP contribution in [0.2, 0.25) is 0 Å². The molecule has 1 amide bonds. The first-order valence-corrected chi connectivity index (χ1v) is 10.2. The highest BCUT2D eigenvalue weighted by Gasteiger charge is 2.18. The molecule has 2 aromatic heterocycles. The zero-order chi connectivity index (χ0) is 20.9. The van der Waals surface area contributed by atoms with Gasteiger partial charge in [-0.25, -0.2) is 9.78 Å². The lowest BCUT2D eigenvalue weighted by Crippen LogP contribution is -2.32. The van der Waals surface area contributed by atoms with Crippen molar-refractivity contribution < 1.29 is 9.53 Å². The van der Waals surface area contributed by atoms with E-state index in [9.17, 15) is 14.4 Å². The molecule has 0 radical (unpaired) electrons. The van der Waals surface area contributed by atoms with E-state index in [2.05, 4.69) is 15.3 Å². The topological polar surface area (TPSA) is 106 Å². The number of H-pyrrole nitrogens is 1. The lowest BCUT2D eigenvalue weighted by Gasteiger charge is -2.15. The number of fused-ring (bicyclic) bond motifs is 1. The van der Waals surface area contributed by atoms with Crippen molar-refractivity contribution in [2.75, 3.05) is 0 Å². The molecule has 1 aromatic carbocycles. The maximum atomic E-state index is 12.4. The molecule has 156 valence electrons. The van der Waals surface area contributed by atoms with Gasteiger partial charge in [-0.2, -0.15) is 0 Å². The summed E-state index contributed by atoms with van der Waals surface area (Å²) in [7, 11) is 0. The molecule has 1 saturated carbocycles. The summed E-state index contributed by atoms with van der Waals surface area (Å²) >= 11 is 0. The van der Waals surface area contributed by atoms with Gasteiger partial charge in [-0.1, -0.05) is 18.2 Å². The summed E-state index contributed by atoms with van der Waals surface area (Å²) in [5, 5.41) is 3.29. The van der Waals surface area contributed by atoms with Crippen LogP contribution in [0.1, 0.15) is 37.7 Å². The van der Waals surface area contributed by atoms with Crippen LogP contribution in [-0.2, 0) is 17.9 Å². The minimum Gasteiger partial charge on any atom is -0.474 e. The highest BCUT2D eigenvalue weighted by Crippen LogP contribution is 2.24. The van der Waals surface area contributed by atoms with Crippen molar-refractivity contribution in [1.29, 1.82) is 0 Å². The number of pyridine rings is 1. The number of carbonyl (C=O) groups excluding carboxylic acids is 1. The van der Waals surface area contributed by atoms with Gasteiger partial charge < -0.3 is 10.1 Å². The molecule has 0 atom stereocenters. The Hall–Kier alpha value is -3.42. The molecule has 2 heterocycles. The Labute approximate surface area is 172 Å². The molecule has 0 saturated heterocycles. The van der Waals surface area contributed by atoms with E-state index in [1.165, 1.54) is 17.4 Å². The van der Waals surface area contributed by atoms with Crippen molar-refractivity contribution >= 4 is 16.8 Å². The summed E-state index contributed by atoms with van der Waals surface area (Å²) < 4.78 is 7.41. The first-order chi connectivity index (χ1) is 14.6. The number of hydrogen-bond donors (Lipinski definition) is 2. The van der Waals surface area contributed by atoms with Crippen LogP contribution in [0.4, 0.5) is 0 Å². The zero-order valence-electron chi connectivity index (χ0n) is 16.6. The maximum absolute atomic E-state index is 12.4. The minimum atomic E-state index is -0.522. The molecule has 1 aliphatic carbocycles. The zero-order valence-corrected chi connectivity index (χ0v) is 16.6. The number of nitrogens with zero attached hydrogens (tertiary/aromatic N) is 2. The van der Waals surface area contributed by atoms with Crippen LogP contribution in [0, 0.1) is 0 Å². The van der Waals surface area contributed by atoms with E-state index in [4.69, 9.17) is 4.74 Å². The summed E-state index contributed by atoms with van der Waals surface area (Å²) in [6.45, 7) is 0.469. The van der Waals surface area contributed by atoms with Crippen LogP contribution in [0.5, 0.6) is 5.88 Å². The van der Waals surface area contributed by atoms with E-state index >= 15 is 0 Å². The second-order valence-corrected chi connectivity index (χ2v) is 7.45. The average molecular weight is 408 g/mol.